The van der Waals surface area contributed by atoms with E-state index in [2.05, 4.69) is 16.3 Å². The maximum Gasteiger partial charge on any atom is 0.253 e. The number of rotatable bonds is 5. The molecule has 0 spiro atoms. The molecule has 3 amide bonds. The fourth-order valence-electron chi connectivity index (χ4n) is 7.33. The van der Waals surface area contributed by atoms with Crippen LogP contribution in [0.15, 0.2) is 36.4 Å². The lowest BCUT2D eigenvalue weighted by Crippen LogP contribution is -2.44. The highest BCUT2D eigenvalue weighted by Crippen LogP contribution is 2.44. The Bertz CT molecular complexity index is 1690. The molecule has 3 aliphatic heterocycles. The molecular formula is C38H49N5O7. The number of piperidine rings is 1. The minimum atomic E-state index is -0.187. The third-order valence-electron chi connectivity index (χ3n) is 10.2. The maximum absolute atomic E-state index is 14.4. The molecule has 1 aromatic heterocycles. The van der Waals surface area contributed by atoms with Crippen LogP contribution >= 0.6 is 0 Å². The zero-order valence-corrected chi connectivity index (χ0v) is 29.7. The van der Waals surface area contributed by atoms with Crippen LogP contribution in [0.1, 0.15) is 53.6 Å². The number of hydrogen-bond donors (Lipinski definition) is 1. The molecule has 2 aromatic carbocycles. The fourth-order valence-corrected chi connectivity index (χ4v) is 7.33. The highest BCUT2D eigenvalue weighted by molar-refractivity contribution is 5.95. The summed E-state index contributed by atoms with van der Waals surface area (Å²) in [6, 6.07) is 11.4. The molecule has 4 heterocycles. The van der Waals surface area contributed by atoms with Gasteiger partial charge in [0.2, 0.25) is 17.6 Å². The van der Waals surface area contributed by atoms with Crippen molar-refractivity contribution < 1.29 is 33.3 Å². The molecule has 2 bridgehead atoms. The van der Waals surface area contributed by atoms with E-state index in [-0.39, 0.29) is 55.6 Å². The zero-order chi connectivity index (χ0) is 35.2. The lowest BCUT2D eigenvalue weighted by atomic mass is 9.96. The monoisotopic (exact) mass is 687 g/mol. The highest BCUT2D eigenvalue weighted by Gasteiger charge is 2.31. The van der Waals surface area contributed by atoms with Crippen LogP contribution in [-0.4, -0.2) is 106 Å². The predicted octanol–water partition coefficient (Wildman–Crippen LogP) is 4.20. The van der Waals surface area contributed by atoms with Gasteiger partial charge in [-0.15, -0.1) is 0 Å². The summed E-state index contributed by atoms with van der Waals surface area (Å²) in [5, 5.41) is 3.88. The van der Waals surface area contributed by atoms with Crippen LogP contribution in [0.4, 0.5) is 5.82 Å². The van der Waals surface area contributed by atoms with Gasteiger partial charge in [0.25, 0.3) is 5.91 Å². The lowest BCUT2D eigenvalue weighted by molar-refractivity contribution is -0.139. The third kappa shape index (κ3) is 7.75. The first kappa shape index (κ1) is 35.3. The van der Waals surface area contributed by atoms with E-state index in [0.29, 0.717) is 74.0 Å². The average molecular weight is 688 g/mol. The summed E-state index contributed by atoms with van der Waals surface area (Å²) in [6.07, 6.45) is 3.38. The van der Waals surface area contributed by atoms with Gasteiger partial charge in [0.1, 0.15) is 5.82 Å². The number of carbonyl (C=O) groups excluding carboxylic acids is 3. The van der Waals surface area contributed by atoms with E-state index in [1.54, 1.807) is 26.2 Å². The standard InChI is InChI=1S/C38H49N5O7/c1-25-7-9-27(10-8-25)37(45)41-15-11-33(44)39-22-26-6-5-14-42(23-26)36-29(24-43(17-16-41)38(46)28-12-18-50-19-13-28)20-30-31(40-36)21-32(47-2)35(49-4)34(30)48-3/h7-10,20-21,26,28H,5-6,11-19,22-24H2,1-4H3,(H,39,44). The number of anilines is 1. The summed E-state index contributed by atoms with van der Waals surface area (Å²) in [5.74, 6) is 2.07. The van der Waals surface area contributed by atoms with Crippen molar-refractivity contribution in [2.24, 2.45) is 11.8 Å². The Labute approximate surface area is 294 Å². The number of amides is 3. The first-order valence-electron chi connectivity index (χ1n) is 17.7. The number of ether oxygens (including phenoxy) is 4. The van der Waals surface area contributed by atoms with Crippen LogP contribution in [0.25, 0.3) is 10.9 Å². The van der Waals surface area contributed by atoms with Crippen LogP contribution < -0.4 is 24.4 Å². The SMILES string of the molecule is COc1cc2nc3c(cc2c(OC)c1OC)CN(C(=O)C1CCOCC1)CCN(C(=O)c1ccc(C)cc1)CCC(=O)NCC1CCCN3C1. The number of nitrogens with one attached hydrogen (secondary N) is 1. The number of aryl methyl sites for hydroxylation is 1. The van der Waals surface area contributed by atoms with Gasteiger partial charge in [-0.05, 0) is 56.7 Å². The van der Waals surface area contributed by atoms with Crippen molar-refractivity contribution in [1.29, 1.82) is 0 Å². The molecular weight excluding hydrogens is 638 g/mol. The molecule has 0 saturated carbocycles. The van der Waals surface area contributed by atoms with E-state index < -0.39 is 0 Å². The smallest absolute Gasteiger partial charge is 0.253 e. The minimum absolute atomic E-state index is 0.0277. The molecule has 0 aliphatic carbocycles. The van der Waals surface area contributed by atoms with Crippen molar-refractivity contribution in [2.75, 3.05) is 78.7 Å². The second-order valence-electron chi connectivity index (χ2n) is 13.5. The Kier molecular flexibility index (Phi) is 11.3. The average Bonchev–Trinajstić information content (AvgIpc) is 3.15. The Hall–Kier alpha value is -4.58. The lowest BCUT2D eigenvalue weighted by Gasteiger charge is -2.36. The van der Waals surface area contributed by atoms with Crippen molar-refractivity contribution in [2.45, 2.75) is 45.6 Å². The summed E-state index contributed by atoms with van der Waals surface area (Å²) in [5.41, 5.74) is 3.16. The van der Waals surface area contributed by atoms with Crippen LogP contribution in [-0.2, 0) is 20.9 Å². The minimum Gasteiger partial charge on any atom is -0.493 e. The van der Waals surface area contributed by atoms with Gasteiger partial charge in [-0.3, -0.25) is 14.4 Å². The van der Waals surface area contributed by atoms with Gasteiger partial charge in [-0.2, -0.15) is 0 Å². The summed E-state index contributed by atoms with van der Waals surface area (Å²) in [4.78, 5) is 52.5. The van der Waals surface area contributed by atoms with Crippen molar-refractivity contribution in [1.82, 2.24) is 20.1 Å². The van der Waals surface area contributed by atoms with Gasteiger partial charge < -0.3 is 39.0 Å². The summed E-state index contributed by atoms with van der Waals surface area (Å²) < 4.78 is 22.9. The predicted molar refractivity (Wildman–Crippen MR) is 190 cm³/mol. The molecule has 50 heavy (non-hydrogen) atoms. The number of benzene rings is 2. The van der Waals surface area contributed by atoms with Crippen LogP contribution in [0.5, 0.6) is 17.2 Å². The molecule has 2 saturated heterocycles. The van der Waals surface area contributed by atoms with E-state index in [4.69, 9.17) is 23.9 Å². The summed E-state index contributed by atoms with van der Waals surface area (Å²) in [7, 11) is 4.75. The Morgan fingerprint density at radius 3 is 2.36 bits per heavy atom. The van der Waals surface area contributed by atoms with E-state index in [1.165, 1.54) is 0 Å². The number of aromatic nitrogens is 1. The number of pyridine rings is 1. The molecule has 2 fully saturated rings. The maximum atomic E-state index is 14.4. The Morgan fingerprint density at radius 2 is 1.64 bits per heavy atom. The molecule has 3 aromatic rings. The number of nitrogens with zero attached hydrogens (tertiary/aromatic N) is 4. The zero-order valence-electron chi connectivity index (χ0n) is 29.7. The van der Waals surface area contributed by atoms with Gasteiger partial charge >= 0.3 is 0 Å². The number of hydrogen-bond acceptors (Lipinski definition) is 9. The van der Waals surface area contributed by atoms with Gasteiger partial charge in [-0.1, -0.05) is 17.7 Å². The van der Waals surface area contributed by atoms with Crippen molar-refractivity contribution in [3.05, 3.63) is 53.1 Å². The molecule has 1 N–H and O–H groups in total. The molecule has 1 atom stereocenters. The second kappa shape index (κ2) is 16.0. The third-order valence-corrected chi connectivity index (χ3v) is 10.2. The summed E-state index contributed by atoms with van der Waals surface area (Å²) in [6.45, 7) is 6.19. The summed E-state index contributed by atoms with van der Waals surface area (Å²) >= 11 is 0. The van der Waals surface area contributed by atoms with Crippen molar-refractivity contribution in [3.8, 4) is 17.2 Å². The van der Waals surface area contributed by atoms with E-state index in [1.807, 2.05) is 42.2 Å². The van der Waals surface area contributed by atoms with E-state index in [0.717, 1.165) is 41.7 Å². The molecule has 6 rings (SSSR count). The quantitative estimate of drug-likeness (QED) is 0.421. The molecule has 12 heteroatoms. The molecule has 12 nitrogen and oxygen atoms in total. The molecule has 268 valence electrons. The molecule has 3 aliphatic rings. The number of methoxy groups -OCH3 is 3. The first-order chi connectivity index (χ1) is 24.3. The largest absolute Gasteiger partial charge is 0.493 e. The molecule has 1 unspecified atom stereocenters. The van der Waals surface area contributed by atoms with Gasteiger partial charge in [0.05, 0.1) is 26.8 Å². The second-order valence-corrected chi connectivity index (χ2v) is 13.5. The first-order valence-corrected chi connectivity index (χ1v) is 17.7. The number of fused-ring (bicyclic) bond motifs is 5. The van der Waals surface area contributed by atoms with Gasteiger partial charge in [-0.25, -0.2) is 4.98 Å². The van der Waals surface area contributed by atoms with Gasteiger partial charge in [0.15, 0.2) is 11.5 Å². The highest BCUT2D eigenvalue weighted by atomic mass is 16.5. The molecule has 0 radical (unpaired) electrons. The Morgan fingerprint density at radius 1 is 0.900 bits per heavy atom. The van der Waals surface area contributed by atoms with Crippen molar-refractivity contribution >= 4 is 34.4 Å². The van der Waals surface area contributed by atoms with Crippen molar-refractivity contribution in [3.63, 3.8) is 0 Å². The van der Waals surface area contributed by atoms with Gasteiger partial charge in [0, 0.05) is 93.9 Å². The van der Waals surface area contributed by atoms with E-state index >= 15 is 0 Å². The topological polar surface area (TPSA) is 123 Å². The number of carbonyl (C=O) groups is 3. The fraction of sp³-hybridized carbons (Fsp3) is 0.526. The Balaban J connectivity index is 1.45. The normalized spacial score (nSPS) is 19.6. The van der Waals surface area contributed by atoms with Crippen LogP contribution in [0.3, 0.4) is 0 Å². The van der Waals surface area contributed by atoms with E-state index in [9.17, 15) is 14.4 Å². The van der Waals surface area contributed by atoms with Crippen LogP contribution in [0.2, 0.25) is 0 Å². The van der Waals surface area contributed by atoms with Crippen LogP contribution in [0, 0.1) is 18.8 Å².